The number of aliphatic hydroxyl groups excluding tert-OH is 1. The van der Waals surface area contributed by atoms with Gasteiger partial charge >= 0.3 is 0 Å². The van der Waals surface area contributed by atoms with Gasteiger partial charge in [-0.2, -0.15) is 0 Å². The first-order valence-electron chi connectivity index (χ1n) is 10.1. The molecule has 4 heterocycles. The van der Waals surface area contributed by atoms with Crippen LogP contribution in [0, 0.1) is 5.92 Å². The quantitative estimate of drug-likeness (QED) is 0.698. The summed E-state index contributed by atoms with van der Waals surface area (Å²) < 4.78 is 5.46. The highest BCUT2D eigenvalue weighted by Crippen LogP contribution is 2.34. The fraction of sp³-hybridized carbons (Fsp3) is 0.500. The first-order chi connectivity index (χ1) is 14.3. The lowest BCUT2D eigenvalue weighted by molar-refractivity contribution is 0.0971. The van der Waals surface area contributed by atoms with E-state index in [4.69, 9.17) is 4.74 Å². The number of hydrogen-bond acceptors (Lipinski definition) is 9. The van der Waals surface area contributed by atoms with E-state index >= 15 is 0 Å². The van der Waals surface area contributed by atoms with Crippen molar-refractivity contribution in [3.8, 4) is 0 Å². The molecule has 2 unspecified atom stereocenters. The Balaban J connectivity index is 1.40. The van der Waals surface area contributed by atoms with E-state index in [1.54, 1.807) is 11.8 Å². The molecule has 0 aliphatic carbocycles. The Kier molecular flexibility index (Phi) is 5.26. The molecule has 5 rings (SSSR count). The van der Waals surface area contributed by atoms with Gasteiger partial charge in [0.2, 0.25) is 0 Å². The summed E-state index contributed by atoms with van der Waals surface area (Å²) in [7, 11) is 0. The van der Waals surface area contributed by atoms with Crippen LogP contribution in [0.25, 0.3) is 10.9 Å². The second kappa shape index (κ2) is 8.17. The van der Waals surface area contributed by atoms with Crippen LogP contribution in [0.2, 0.25) is 0 Å². The molecule has 3 aromatic rings. The number of benzene rings is 1. The number of fused-ring (bicyclic) bond motifs is 1. The van der Waals surface area contributed by atoms with E-state index < -0.39 is 6.10 Å². The molecule has 2 aliphatic heterocycles. The Morgan fingerprint density at radius 3 is 2.86 bits per heavy atom. The van der Waals surface area contributed by atoms with Crippen molar-refractivity contribution in [1.82, 2.24) is 20.2 Å². The maximum atomic E-state index is 10.7. The third-order valence-corrected chi connectivity index (χ3v) is 6.57. The SMILES string of the molecule is OC(c1nncs1)C1CCCN(c2ncnc3cc(N4CCOCC4)ccc23)C1. The van der Waals surface area contributed by atoms with Crippen molar-refractivity contribution in [2.75, 3.05) is 49.2 Å². The number of ether oxygens (including phenoxy) is 1. The summed E-state index contributed by atoms with van der Waals surface area (Å²) in [5.74, 6) is 1.06. The number of anilines is 2. The molecular weight excluding hydrogens is 388 g/mol. The van der Waals surface area contributed by atoms with E-state index in [-0.39, 0.29) is 5.92 Å². The molecule has 1 N–H and O–H groups in total. The number of rotatable bonds is 4. The van der Waals surface area contributed by atoms with Crippen molar-refractivity contribution in [2.24, 2.45) is 5.92 Å². The molecule has 152 valence electrons. The zero-order chi connectivity index (χ0) is 19.6. The second-order valence-electron chi connectivity index (χ2n) is 7.57. The highest BCUT2D eigenvalue weighted by atomic mass is 32.1. The monoisotopic (exact) mass is 412 g/mol. The highest BCUT2D eigenvalue weighted by Gasteiger charge is 2.30. The summed E-state index contributed by atoms with van der Waals surface area (Å²) >= 11 is 1.41. The van der Waals surface area contributed by atoms with Gasteiger partial charge in [0, 0.05) is 43.2 Å². The Morgan fingerprint density at radius 1 is 1.14 bits per heavy atom. The van der Waals surface area contributed by atoms with Crippen molar-refractivity contribution in [3.63, 3.8) is 0 Å². The molecule has 2 atom stereocenters. The molecule has 0 radical (unpaired) electrons. The van der Waals surface area contributed by atoms with E-state index in [9.17, 15) is 5.11 Å². The van der Waals surface area contributed by atoms with Gasteiger partial charge in [-0.25, -0.2) is 9.97 Å². The van der Waals surface area contributed by atoms with Gasteiger partial charge in [0.25, 0.3) is 0 Å². The Bertz CT molecular complexity index is 963. The fourth-order valence-corrected chi connectivity index (χ4v) is 4.90. The molecule has 2 aliphatic rings. The maximum Gasteiger partial charge on any atom is 0.146 e. The van der Waals surface area contributed by atoms with E-state index in [1.165, 1.54) is 17.0 Å². The standard InChI is InChI=1S/C20H24N6O2S/c27-18(20-24-23-13-29-20)14-2-1-5-26(11-14)19-16-4-3-15(10-17(16)21-12-22-19)25-6-8-28-9-7-25/h3-4,10,12-14,18,27H,1-2,5-9,11H2. The number of aromatic nitrogens is 4. The zero-order valence-corrected chi connectivity index (χ0v) is 17.0. The Labute approximate surface area is 173 Å². The van der Waals surface area contributed by atoms with Crippen LogP contribution < -0.4 is 9.80 Å². The van der Waals surface area contributed by atoms with Gasteiger partial charge in [0.1, 0.15) is 28.8 Å². The van der Waals surface area contributed by atoms with Crippen molar-refractivity contribution < 1.29 is 9.84 Å². The average molecular weight is 413 g/mol. The van der Waals surface area contributed by atoms with Gasteiger partial charge in [0.15, 0.2) is 0 Å². The molecule has 0 saturated carbocycles. The second-order valence-corrected chi connectivity index (χ2v) is 8.43. The third kappa shape index (κ3) is 3.77. The van der Waals surface area contributed by atoms with Crippen LogP contribution in [0.3, 0.4) is 0 Å². The average Bonchev–Trinajstić information content (AvgIpc) is 3.33. The third-order valence-electron chi connectivity index (χ3n) is 5.81. The van der Waals surface area contributed by atoms with E-state index in [2.05, 4.69) is 48.2 Å². The number of piperidine rings is 1. The van der Waals surface area contributed by atoms with Gasteiger partial charge in [-0.1, -0.05) is 0 Å². The molecule has 2 saturated heterocycles. The molecule has 8 nitrogen and oxygen atoms in total. The van der Waals surface area contributed by atoms with Crippen LogP contribution >= 0.6 is 11.3 Å². The number of hydrogen-bond donors (Lipinski definition) is 1. The smallest absolute Gasteiger partial charge is 0.146 e. The summed E-state index contributed by atoms with van der Waals surface area (Å²) in [6, 6.07) is 6.42. The van der Waals surface area contributed by atoms with Crippen LogP contribution in [-0.4, -0.2) is 64.7 Å². The van der Waals surface area contributed by atoms with Crippen LogP contribution in [0.5, 0.6) is 0 Å². The molecule has 0 bridgehead atoms. The first kappa shape index (κ1) is 18.7. The van der Waals surface area contributed by atoms with Gasteiger partial charge in [-0.05, 0) is 31.0 Å². The topological polar surface area (TPSA) is 87.5 Å². The minimum absolute atomic E-state index is 0.120. The lowest BCUT2D eigenvalue weighted by Gasteiger charge is -2.35. The van der Waals surface area contributed by atoms with Gasteiger partial charge in [-0.15, -0.1) is 21.5 Å². The normalized spacial score (nSPS) is 21.5. The number of aliphatic hydroxyl groups is 1. The van der Waals surface area contributed by atoms with Crippen LogP contribution in [0.15, 0.2) is 30.0 Å². The maximum absolute atomic E-state index is 10.7. The van der Waals surface area contributed by atoms with E-state index in [0.29, 0.717) is 5.01 Å². The predicted molar refractivity (Wildman–Crippen MR) is 112 cm³/mol. The first-order valence-corrected chi connectivity index (χ1v) is 10.9. The summed E-state index contributed by atoms with van der Waals surface area (Å²) in [6.45, 7) is 5.01. The van der Waals surface area contributed by atoms with Crippen LogP contribution in [0.1, 0.15) is 24.0 Å². The zero-order valence-electron chi connectivity index (χ0n) is 16.1. The van der Waals surface area contributed by atoms with E-state index in [0.717, 1.165) is 69.0 Å². The molecular formula is C20H24N6O2S. The summed E-state index contributed by atoms with van der Waals surface area (Å²) in [5, 5.41) is 20.4. The number of morpholine rings is 1. The molecule has 2 fully saturated rings. The number of nitrogens with zero attached hydrogens (tertiary/aromatic N) is 6. The minimum atomic E-state index is -0.577. The molecule has 1 aromatic carbocycles. The summed E-state index contributed by atoms with van der Waals surface area (Å²) in [4.78, 5) is 13.7. The fourth-order valence-electron chi connectivity index (χ4n) is 4.27. The Hall–Kier alpha value is -2.36. The largest absolute Gasteiger partial charge is 0.385 e. The van der Waals surface area contributed by atoms with Crippen molar-refractivity contribution in [2.45, 2.75) is 18.9 Å². The van der Waals surface area contributed by atoms with Crippen LogP contribution in [-0.2, 0) is 4.74 Å². The van der Waals surface area contributed by atoms with Crippen LogP contribution in [0.4, 0.5) is 11.5 Å². The van der Waals surface area contributed by atoms with Gasteiger partial charge in [-0.3, -0.25) is 0 Å². The van der Waals surface area contributed by atoms with E-state index in [1.807, 2.05) is 0 Å². The molecule has 0 spiro atoms. The summed E-state index contributed by atoms with van der Waals surface area (Å²) in [5.41, 5.74) is 3.79. The van der Waals surface area contributed by atoms with Crippen molar-refractivity contribution in [1.29, 1.82) is 0 Å². The van der Waals surface area contributed by atoms with Crippen molar-refractivity contribution in [3.05, 3.63) is 35.0 Å². The molecule has 29 heavy (non-hydrogen) atoms. The highest BCUT2D eigenvalue weighted by molar-refractivity contribution is 7.09. The predicted octanol–water partition coefficient (Wildman–Crippen LogP) is 2.27. The molecule has 2 aromatic heterocycles. The lowest BCUT2D eigenvalue weighted by atomic mass is 9.92. The minimum Gasteiger partial charge on any atom is -0.385 e. The van der Waals surface area contributed by atoms with Crippen molar-refractivity contribution >= 4 is 33.7 Å². The molecule has 0 amide bonds. The van der Waals surface area contributed by atoms with Gasteiger partial charge in [0.05, 0.1) is 18.7 Å². The Morgan fingerprint density at radius 2 is 2.03 bits per heavy atom. The lowest BCUT2D eigenvalue weighted by Crippen LogP contribution is -2.38. The molecule has 9 heteroatoms. The van der Waals surface area contributed by atoms with Gasteiger partial charge < -0.3 is 19.6 Å². The summed E-state index contributed by atoms with van der Waals surface area (Å²) in [6.07, 6.45) is 3.05.